The van der Waals surface area contributed by atoms with Crippen LogP contribution in [0.25, 0.3) is 4.96 Å². The van der Waals surface area contributed by atoms with Crippen molar-refractivity contribution in [2.45, 2.75) is 13.5 Å². The van der Waals surface area contributed by atoms with Crippen molar-refractivity contribution in [1.29, 1.82) is 0 Å². The number of hydrogen-bond donors (Lipinski definition) is 0. The quantitative estimate of drug-likeness (QED) is 0.709. The van der Waals surface area contributed by atoms with Crippen LogP contribution < -0.4 is 4.74 Å². The zero-order chi connectivity index (χ0) is 18.1. The van der Waals surface area contributed by atoms with Gasteiger partial charge in [0.2, 0.25) is 0 Å². The zero-order valence-electron chi connectivity index (χ0n) is 15.0. The van der Waals surface area contributed by atoms with Crippen molar-refractivity contribution in [3.63, 3.8) is 0 Å². The number of carbonyl (C=O) groups excluding carboxylic acids is 1. The van der Waals surface area contributed by atoms with Crippen LogP contribution in [0.15, 0.2) is 35.8 Å². The fraction of sp³-hybridized carbons (Fsp3) is 0.368. The number of hydrogen-bond acceptors (Lipinski definition) is 5. The van der Waals surface area contributed by atoms with Gasteiger partial charge in [0.1, 0.15) is 5.75 Å². The smallest absolute Gasteiger partial charge is 0.257 e. The first-order valence-corrected chi connectivity index (χ1v) is 9.61. The van der Waals surface area contributed by atoms with Gasteiger partial charge in [0.05, 0.1) is 24.1 Å². The molecule has 0 spiro atoms. The molecule has 1 aliphatic heterocycles. The Kier molecular flexibility index (Phi) is 4.65. The maximum absolute atomic E-state index is 12.8. The van der Waals surface area contributed by atoms with Gasteiger partial charge in [-0.15, -0.1) is 11.3 Å². The number of fused-ring (bicyclic) bond motifs is 1. The average molecular weight is 370 g/mol. The molecular formula is C19H22N4O2S. The van der Waals surface area contributed by atoms with Crippen molar-refractivity contribution >= 4 is 22.2 Å². The van der Waals surface area contributed by atoms with Crippen LogP contribution in [0.2, 0.25) is 0 Å². The summed E-state index contributed by atoms with van der Waals surface area (Å²) in [6.45, 7) is 6.09. The lowest BCUT2D eigenvalue weighted by Gasteiger charge is -2.34. The van der Waals surface area contributed by atoms with Gasteiger partial charge in [-0.1, -0.05) is 12.1 Å². The van der Waals surface area contributed by atoms with E-state index in [9.17, 15) is 4.79 Å². The van der Waals surface area contributed by atoms with Gasteiger partial charge in [-0.05, 0) is 19.1 Å². The van der Waals surface area contributed by atoms with E-state index in [4.69, 9.17) is 4.74 Å². The Labute approximate surface area is 156 Å². The van der Waals surface area contributed by atoms with Gasteiger partial charge in [0, 0.05) is 44.3 Å². The fourth-order valence-corrected chi connectivity index (χ4v) is 4.22. The molecule has 0 atom stereocenters. The van der Waals surface area contributed by atoms with Crippen molar-refractivity contribution in [3.8, 4) is 5.75 Å². The molecule has 0 radical (unpaired) electrons. The standard InChI is InChI=1S/C19H22N4O2S/c1-14-16(23-11-12-26-19(23)20-14)13-21-7-9-22(10-8-21)18(24)15-5-3-4-6-17(15)25-2/h3-6,11-12H,7-10,13H2,1-2H3. The van der Waals surface area contributed by atoms with E-state index in [0.717, 1.165) is 43.4 Å². The number of piperazine rings is 1. The highest BCUT2D eigenvalue weighted by atomic mass is 32.1. The Balaban J connectivity index is 1.42. The van der Waals surface area contributed by atoms with E-state index >= 15 is 0 Å². The first-order chi connectivity index (χ1) is 12.7. The molecule has 3 heterocycles. The van der Waals surface area contributed by atoms with Crippen LogP contribution in [-0.2, 0) is 6.54 Å². The van der Waals surface area contributed by atoms with Crippen molar-refractivity contribution in [2.75, 3.05) is 33.3 Å². The van der Waals surface area contributed by atoms with E-state index in [0.29, 0.717) is 11.3 Å². The number of rotatable bonds is 4. The minimum Gasteiger partial charge on any atom is -0.496 e. The lowest BCUT2D eigenvalue weighted by Crippen LogP contribution is -2.48. The van der Waals surface area contributed by atoms with E-state index in [1.807, 2.05) is 29.2 Å². The molecule has 1 fully saturated rings. The third-order valence-electron chi connectivity index (χ3n) is 4.93. The van der Waals surface area contributed by atoms with E-state index in [2.05, 4.69) is 32.8 Å². The van der Waals surface area contributed by atoms with E-state index in [1.54, 1.807) is 18.4 Å². The molecule has 0 N–H and O–H groups in total. The highest BCUT2D eigenvalue weighted by molar-refractivity contribution is 7.15. The molecule has 6 nitrogen and oxygen atoms in total. The number of carbonyl (C=O) groups is 1. The van der Waals surface area contributed by atoms with Gasteiger partial charge in [-0.25, -0.2) is 4.98 Å². The second-order valence-electron chi connectivity index (χ2n) is 6.47. The van der Waals surface area contributed by atoms with Gasteiger partial charge in [-0.2, -0.15) is 0 Å². The minimum atomic E-state index is 0.0443. The van der Waals surface area contributed by atoms with Gasteiger partial charge in [-0.3, -0.25) is 14.1 Å². The molecule has 4 rings (SSSR count). The Bertz CT molecular complexity index is 925. The summed E-state index contributed by atoms with van der Waals surface area (Å²) >= 11 is 1.66. The number of para-hydroxylation sites is 1. The van der Waals surface area contributed by atoms with Crippen LogP contribution in [0.4, 0.5) is 0 Å². The molecule has 1 saturated heterocycles. The predicted molar refractivity (Wildman–Crippen MR) is 102 cm³/mol. The summed E-state index contributed by atoms with van der Waals surface area (Å²) in [6, 6.07) is 7.42. The summed E-state index contributed by atoms with van der Waals surface area (Å²) in [5, 5.41) is 2.06. The topological polar surface area (TPSA) is 50.1 Å². The molecule has 136 valence electrons. The molecule has 26 heavy (non-hydrogen) atoms. The molecule has 1 aromatic carbocycles. The van der Waals surface area contributed by atoms with Crippen molar-refractivity contribution in [2.24, 2.45) is 0 Å². The first kappa shape index (κ1) is 17.1. The SMILES string of the molecule is COc1ccccc1C(=O)N1CCN(Cc2c(C)nc3sccn23)CC1. The fourth-order valence-electron chi connectivity index (χ4n) is 3.44. The predicted octanol–water partition coefficient (Wildman–Crippen LogP) is 2.67. The molecule has 0 bridgehead atoms. The molecule has 0 unspecified atom stereocenters. The normalized spacial score (nSPS) is 15.5. The van der Waals surface area contributed by atoms with Crippen LogP contribution in [-0.4, -0.2) is 58.4 Å². The molecule has 1 aliphatic rings. The number of nitrogens with zero attached hydrogens (tertiary/aromatic N) is 4. The number of aryl methyl sites for hydroxylation is 1. The summed E-state index contributed by atoms with van der Waals surface area (Å²) in [5.41, 5.74) is 2.96. The van der Waals surface area contributed by atoms with Gasteiger partial charge >= 0.3 is 0 Å². The molecular weight excluding hydrogens is 348 g/mol. The Morgan fingerprint density at radius 2 is 2.00 bits per heavy atom. The molecule has 0 saturated carbocycles. The summed E-state index contributed by atoms with van der Waals surface area (Å²) in [4.78, 5) is 22.8. The van der Waals surface area contributed by atoms with Crippen LogP contribution in [0, 0.1) is 6.92 Å². The Hall–Kier alpha value is -2.38. The van der Waals surface area contributed by atoms with Crippen LogP contribution in [0.3, 0.4) is 0 Å². The molecule has 1 amide bonds. The second kappa shape index (κ2) is 7.09. The van der Waals surface area contributed by atoms with E-state index < -0.39 is 0 Å². The van der Waals surface area contributed by atoms with Crippen LogP contribution in [0.1, 0.15) is 21.7 Å². The van der Waals surface area contributed by atoms with E-state index in [-0.39, 0.29) is 5.91 Å². The number of aromatic nitrogens is 2. The van der Waals surface area contributed by atoms with Gasteiger partial charge in [0.15, 0.2) is 4.96 Å². The zero-order valence-corrected chi connectivity index (χ0v) is 15.8. The van der Waals surface area contributed by atoms with Gasteiger partial charge < -0.3 is 9.64 Å². The number of thiazole rings is 1. The summed E-state index contributed by atoms with van der Waals surface area (Å²) in [6.07, 6.45) is 2.08. The number of amides is 1. The highest BCUT2D eigenvalue weighted by Gasteiger charge is 2.25. The minimum absolute atomic E-state index is 0.0443. The van der Waals surface area contributed by atoms with Crippen LogP contribution in [0.5, 0.6) is 5.75 Å². The third kappa shape index (κ3) is 3.08. The number of ether oxygens (including phenoxy) is 1. The maximum atomic E-state index is 12.8. The van der Waals surface area contributed by atoms with Crippen molar-refractivity contribution < 1.29 is 9.53 Å². The molecule has 7 heteroatoms. The first-order valence-electron chi connectivity index (χ1n) is 8.73. The average Bonchev–Trinajstić information content (AvgIpc) is 3.24. The summed E-state index contributed by atoms with van der Waals surface area (Å²) < 4.78 is 7.50. The van der Waals surface area contributed by atoms with Crippen molar-refractivity contribution in [1.82, 2.24) is 19.2 Å². The van der Waals surface area contributed by atoms with Gasteiger partial charge in [0.25, 0.3) is 5.91 Å². The second-order valence-corrected chi connectivity index (χ2v) is 7.34. The summed E-state index contributed by atoms with van der Waals surface area (Å²) in [5.74, 6) is 0.678. The highest BCUT2D eigenvalue weighted by Crippen LogP contribution is 2.22. The molecule has 0 aliphatic carbocycles. The lowest BCUT2D eigenvalue weighted by molar-refractivity contribution is 0.0623. The monoisotopic (exact) mass is 370 g/mol. The summed E-state index contributed by atoms with van der Waals surface area (Å²) in [7, 11) is 1.60. The van der Waals surface area contributed by atoms with E-state index in [1.165, 1.54) is 5.69 Å². The Morgan fingerprint density at radius 3 is 2.77 bits per heavy atom. The number of benzene rings is 1. The van der Waals surface area contributed by atoms with Crippen molar-refractivity contribution in [3.05, 3.63) is 52.8 Å². The number of imidazole rings is 1. The molecule has 2 aromatic heterocycles. The number of methoxy groups -OCH3 is 1. The molecule has 3 aromatic rings. The Morgan fingerprint density at radius 1 is 1.23 bits per heavy atom. The van der Waals surface area contributed by atoms with Crippen LogP contribution >= 0.6 is 11.3 Å². The largest absolute Gasteiger partial charge is 0.496 e. The lowest BCUT2D eigenvalue weighted by atomic mass is 10.1. The maximum Gasteiger partial charge on any atom is 0.257 e. The third-order valence-corrected chi connectivity index (χ3v) is 5.69.